The molecule has 2 aromatic carbocycles. The fourth-order valence-electron chi connectivity index (χ4n) is 3.18. The minimum atomic E-state index is -4.97. The van der Waals surface area contributed by atoms with E-state index in [1.807, 2.05) is 25.1 Å². The molecule has 5 nitrogen and oxygen atoms in total. The van der Waals surface area contributed by atoms with Crippen LogP contribution in [0.3, 0.4) is 0 Å². The lowest BCUT2D eigenvalue weighted by Gasteiger charge is -2.15. The normalized spacial score (nSPS) is 13.7. The van der Waals surface area contributed by atoms with Crippen LogP contribution < -0.4 is 9.47 Å². The average molecular weight is 467 g/mol. The summed E-state index contributed by atoms with van der Waals surface area (Å²) in [6.07, 6.45) is -2.97. The Kier molecular flexibility index (Phi) is 5.77. The molecule has 3 aromatic rings. The molecule has 0 bridgehead atoms. The molecule has 1 fully saturated rings. The van der Waals surface area contributed by atoms with Crippen LogP contribution in [0, 0.1) is 12.7 Å². The third-order valence-corrected chi connectivity index (χ3v) is 5.07. The Morgan fingerprint density at radius 3 is 2.53 bits per heavy atom. The number of para-hydroxylation sites is 1. The van der Waals surface area contributed by atoms with Gasteiger partial charge in [0.2, 0.25) is 0 Å². The molecule has 0 aliphatic heterocycles. The topological polar surface area (TPSA) is 61.3 Å². The van der Waals surface area contributed by atoms with E-state index in [0.717, 1.165) is 42.2 Å². The fourth-order valence-corrected chi connectivity index (χ4v) is 3.31. The molecule has 32 heavy (non-hydrogen) atoms. The van der Waals surface area contributed by atoms with Crippen molar-refractivity contribution in [2.24, 2.45) is 0 Å². The van der Waals surface area contributed by atoms with E-state index in [4.69, 9.17) is 21.1 Å². The Balaban J connectivity index is 1.67. The molecule has 1 heterocycles. The minimum absolute atomic E-state index is 0.156. The van der Waals surface area contributed by atoms with Crippen LogP contribution in [0.1, 0.15) is 45.8 Å². The van der Waals surface area contributed by atoms with E-state index in [1.54, 1.807) is 0 Å². The fraction of sp³-hybridized carbons (Fsp3) is 0.227. The summed E-state index contributed by atoms with van der Waals surface area (Å²) < 4.78 is 64.3. The summed E-state index contributed by atoms with van der Waals surface area (Å²) in [6.45, 7) is 1.83. The highest BCUT2D eigenvalue weighted by molar-refractivity contribution is 6.29. The van der Waals surface area contributed by atoms with Gasteiger partial charge in [-0.15, -0.1) is 10.2 Å². The van der Waals surface area contributed by atoms with Crippen molar-refractivity contribution in [1.82, 2.24) is 10.2 Å². The minimum Gasteiger partial charge on any atom is -0.434 e. The van der Waals surface area contributed by atoms with Gasteiger partial charge in [-0.3, -0.25) is 0 Å². The summed E-state index contributed by atoms with van der Waals surface area (Å²) in [5, 5.41) is 7.33. The Morgan fingerprint density at radius 1 is 1.12 bits per heavy atom. The lowest BCUT2D eigenvalue weighted by molar-refractivity contribution is -0.140. The Morgan fingerprint density at radius 2 is 1.84 bits per heavy atom. The third kappa shape index (κ3) is 4.52. The van der Waals surface area contributed by atoms with Crippen molar-refractivity contribution in [2.75, 3.05) is 0 Å². The summed E-state index contributed by atoms with van der Waals surface area (Å²) in [6, 6.07) is 9.07. The summed E-state index contributed by atoms with van der Waals surface area (Å²) in [4.78, 5) is 12.5. The molecule has 166 valence electrons. The van der Waals surface area contributed by atoms with Gasteiger partial charge >= 0.3 is 12.1 Å². The predicted molar refractivity (Wildman–Crippen MR) is 107 cm³/mol. The predicted octanol–water partition coefficient (Wildman–Crippen LogP) is 6.49. The zero-order valence-electron chi connectivity index (χ0n) is 16.5. The summed E-state index contributed by atoms with van der Waals surface area (Å²) >= 11 is 5.85. The monoisotopic (exact) mass is 466 g/mol. The van der Waals surface area contributed by atoms with E-state index in [2.05, 4.69) is 10.2 Å². The van der Waals surface area contributed by atoms with Gasteiger partial charge in [-0.05, 0) is 48.9 Å². The number of hydrogen-bond donors (Lipinski definition) is 0. The maximum Gasteiger partial charge on any atom is 0.419 e. The maximum atomic E-state index is 14.3. The first kappa shape index (κ1) is 22.0. The van der Waals surface area contributed by atoms with Crippen LogP contribution in [0.4, 0.5) is 17.6 Å². The van der Waals surface area contributed by atoms with Crippen molar-refractivity contribution in [3.63, 3.8) is 0 Å². The molecule has 0 amide bonds. The van der Waals surface area contributed by atoms with Gasteiger partial charge in [-0.2, -0.15) is 13.2 Å². The molecule has 1 aliphatic rings. The molecule has 0 radical (unpaired) electrons. The number of nitrogens with zero attached hydrogens (tertiary/aromatic N) is 2. The SMILES string of the molecule is Cc1cccc(C2CC2)c1Oc1nnc(Cl)cc1OC(=O)c1cccc(C(F)(F)F)c1F. The van der Waals surface area contributed by atoms with Crippen LogP contribution in [0.2, 0.25) is 5.15 Å². The number of halogens is 5. The molecular weight excluding hydrogens is 452 g/mol. The van der Waals surface area contributed by atoms with Crippen molar-refractivity contribution in [2.45, 2.75) is 31.9 Å². The lowest BCUT2D eigenvalue weighted by atomic mass is 10.1. The van der Waals surface area contributed by atoms with Gasteiger partial charge in [0, 0.05) is 6.07 Å². The molecule has 0 atom stereocenters. The quantitative estimate of drug-likeness (QED) is 0.318. The molecule has 1 saturated carbocycles. The number of carbonyl (C=O) groups is 1. The first-order valence-corrected chi connectivity index (χ1v) is 9.91. The van der Waals surface area contributed by atoms with Crippen molar-refractivity contribution in [3.8, 4) is 17.4 Å². The van der Waals surface area contributed by atoms with Crippen molar-refractivity contribution < 1.29 is 31.8 Å². The molecule has 1 aliphatic carbocycles. The summed E-state index contributed by atoms with van der Waals surface area (Å²) in [5.74, 6) is -2.81. The number of aryl methyl sites for hydroxylation is 1. The van der Waals surface area contributed by atoms with Crippen LogP contribution >= 0.6 is 11.6 Å². The van der Waals surface area contributed by atoms with E-state index in [9.17, 15) is 22.4 Å². The molecule has 4 rings (SSSR count). The number of hydrogen-bond acceptors (Lipinski definition) is 5. The third-order valence-electron chi connectivity index (χ3n) is 4.88. The van der Waals surface area contributed by atoms with Gasteiger partial charge < -0.3 is 9.47 Å². The Bertz CT molecular complexity index is 1200. The van der Waals surface area contributed by atoms with Gasteiger partial charge in [-0.25, -0.2) is 9.18 Å². The van der Waals surface area contributed by atoms with Crippen LogP contribution in [0.5, 0.6) is 17.4 Å². The highest BCUT2D eigenvalue weighted by Gasteiger charge is 2.36. The average Bonchev–Trinajstić information content (AvgIpc) is 3.55. The molecule has 10 heteroatoms. The molecule has 0 unspecified atom stereocenters. The second-order valence-corrected chi connectivity index (χ2v) is 7.65. The number of aromatic nitrogens is 2. The molecule has 0 spiro atoms. The van der Waals surface area contributed by atoms with Gasteiger partial charge in [0.15, 0.2) is 10.9 Å². The molecule has 0 saturated heterocycles. The van der Waals surface area contributed by atoms with Gasteiger partial charge in [-0.1, -0.05) is 35.9 Å². The molecule has 1 aromatic heterocycles. The number of ether oxygens (including phenoxy) is 2. The van der Waals surface area contributed by atoms with Crippen molar-refractivity contribution >= 4 is 17.6 Å². The first-order chi connectivity index (χ1) is 15.1. The van der Waals surface area contributed by atoms with Crippen LogP contribution in [-0.4, -0.2) is 16.2 Å². The lowest BCUT2D eigenvalue weighted by Crippen LogP contribution is -2.16. The number of carbonyl (C=O) groups excluding carboxylic acids is 1. The van der Waals surface area contributed by atoms with E-state index in [1.165, 1.54) is 0 Å². The Labute approximate surface area is 184 Å². The first-order valence-electron chi connectivity index (χ1n) is 9.53. The highest BCUT2D eigenvalue weighted by atomic mass is 35.5. The van der Waals surface area contributed by atoms with E-state index in [0.29, 0.717) is 17.7 Å². The highest BCUT2D eigenvalue weighted by Crippen LogP contribution is 2.47. The van der Waals surface area contributed by atoms with Gasteiger partial charge in [0.05, 0.1) is 11.1 Å². The maximum absolute atomic E-state index is 14.3. The van der Waals surface area contributed by atoms with E-state index < -0.39 is 29.1 Å². The van der Waals surface area contributed by atoms with Gasteiger partial charge in [0.1, 0.15) is 11.6 Å². The zero-order valence-corrected chi connectivity index (χ0v) is 17.3. The number of esters is 1. The second-order valence-electron chi connectivity index (χ2n) is 7.26. The Hall–Kier alpha value is -3.20. The number of benzene rings is 2. The van der Waals surface area contributed by atoms with Crippen LogP contribution in [0.15, 0.2) is 42.5 Å². The van der Waals surface area contributed by atoms with Crippen molar-refractivity contribution in [1.29, 1.82) is 0 Å². The number of rotatable bonds is 5. The van der Waals surface area contributed by atoms with E-state index in [-0.39, 0.29) is 16.8 Å². The largest absolute Gasteiger partial charge is 0.434 e. The van der Waals surface area contributed by atoms with Gasteiger partial charge in [0.25, 0.3) is 5.88 Å². The zero-order chi connectivity index (χ0) is 23.0. The van der Waals surface area contributed by atoms with Crippen molar-refractivity contribution in [3.05, 3.63) is 75.7 Å². The molecular formula is C22H15ClF4N2O3. The van der Waals surface area contributed by atoms with Crippen LogP contribution in [-0.2, 0) is 6.18 Å². The van der Waals surface area contributed by atoms with Crippen LogP contribution in [0.25, 0.3) is 0 Å². The summed E-state index contributed by atoms with van der Waals surface area (Å²) in [5.41, 5.74) is -0.730. The smallest absolute Gasteiger partial charge is 0.419 e. The molecule has 0 N–H and O–H groups in total. The standard InChI is InChI=1S/C22H15ClF4N2O3/c1-11-4-2-5-13(12-8-9-12)19(11)32-20-16(10-17(23)28-29-20)31-21(30)14-6-3-7-15(18(14)24)22(25,26)27/h2-7,10,12H,8-9H2,1H3. The summed E-state index contributed by atoms with van der Waals surface area (Å²) in [7, 11) is 0. The second kappa shape index (κ2) is 8.38. The number of alkyl halides is 3. The van der Waals surface area contributed by atoms with E-state index >= 15 is 0 Å².